The van der Waals surface area contributed by atoms with Crippen molar-refractivity contribution in [2.24, 2.45) is 5.92 Å². The Labute approximate surface area is 157 Å². The maximum Gasteiger partial charge on any atom is 0.224 e. The van der Waals surface area contributed by atoms with E-state index >= 15 is 0 Å². The molecule has 2 fully saturated rings. The second-order valence-electron chi connectivity index (χ2n) is 6.50. The highest BCUT2D eigenvalue weighted by Crippen LogP contribution is 2.38. The summed E-state index contributed by atoms with van der Waals surface area (Å²) in [7, 11) is 1.96. The third-order valence-electron chi connectivity index (χ3n) is 4.65. The fraction of sp³-hybridized carbons (Fsp3) is 0.588. The monoisotopic (exact) mass is 387 g/mol. The molecule has 2 heterocycles. The van der Waals surface area contributed by atoms with E-state index in [0.29, 0.717) is 22.4 Å². The van der Waals surface area contributed by atoms with Gasteiger partial charge < -0.3 is 10.2 Å². The molecule has 2 saturated heterocycles. The van der Waals surface area contributed by atoms with Gasteiger partial charge >= 0.3 is 0 Å². The Morgan fingerprint density at radius 2 is 2.29 bits per heavy atom. The first-order valence-corrected chi connectivity index (χ1v) is 10.1. The molecule has 2 N–H and O–H groups in total. The minimum absolute atomic E-state index is 0.128. The SMILES string of the molecule is CNCC1CCN(C(=O)CC2CSC(c3ccc(Cl)cc3Cl)N2)C1. The Morgan fingerprint density at radius 1 is 1.46 bits per heavy atom. The zero-order chi connectivity index (χ0) is 17.1. The van der Waals surface area contributed by atoms with Crippen LogP contribution in [0.2, 0.25) is 10.0 Å². The number of hydrogen-bond donors (Lipinski definition) is 2. The maximum atomic E-state index is 12.5. The molecule has 24 heavy (non-hydrogen) atoms. The molecular weight excluding hydrogens is 365 g/mol. The number of nitrogens with zero attached hydrogens (tertiary/aromatic N) is 1. The molecule has 0 spiro atoms. The van der Waals surface area contributed by atoms with Crippen molar-refractivity contribution in [3.05, 3.63) is 33.8 Å². The quantitative estimate of drug-likeness (QED) is 0.814. The summed E-state index contributed by atoms with van der Waals surface area (Å²) in [6.07, 6.45) is 1.66. The van der Waals surface area contributed by atoms with Crippen LogP contribution in [0.15, 0.2) is 18.2 Å². The molecule has 2 aliphatic heterocycles. The average molecular weight is 388 g/mol. The second kappa shape index (κ2) is 8.28. The second-order valence-corrected chi connectivity index (χ2v) is 8.48. The van der Waals surface area contributed by atoms with Crippen LogP contribution in [-0.2, 0) is 4.79 Å². The van der Waals surface area contributed by atoms with E-state index in [2.05, 4.69) is 10.6 Å². The molecule has 7 heteroatoms. The molecule has 0 aromatic heterocycles. The van der Waals surface area contributed by atoms with Crippen LogP contribution in [0, 0.1) is 5.92 Å². The Hall–Kier alpha value is -0.460. The molecule has 1 amide bonds. The van der Waals surface area contributed by atoms with Gasteiger partial charge in [-0.05, 0) is 43.6 Å². The molecule has 0 bridgehead atoms. The summed E-state index contributed by atoms with van der Waals surface area (Å²) in [6.45, 7) is 2.75. The number of likely N-dealkylation sites (tertiary alicyclic amines) is 1. The first-order chi connectivity index (χ1) is 11.6. The minimum atomic E-state index is 0.128. The lowest BCUT2D eigenvalue weighted by Gasteiger charge is -2.20. The van der Waals surface area contributed by atoms with Gasteiger partial charge in [-0.15, -0.1) is 11.8 Å². The highest BCUT2D eigenvalue weighted by molar-refractivity contribution is 7.99. The lowest BCUT2D eigenvalue weighted by molar-refractivity contribution is -0.130. The normalized spacial score (nSPS) is 27.0. The Balaban J connectivity index is 1.52. The molecule has 4 nitrogen and oxygen atoms in total. The highest BCUT2D eigenvalue weighted by Gasteiger charge is 2.32. The number of benzene rings is 1. The van der Waals surface area contributed by atoms with Crippen molar-refractivity contribution >= 4 is 40.9 Å². The Kier molecular flexibility index (Phi) is 6.33. The van der Waals surface area contributed by atoms with Crippen molar-refractivity contribution in [3.8, 4) is 0 Å². The smallest absolute Gasteiger partial charge is 0.224 e. The molecule has 1 aromatic rings. The van der Waals surface area contributed by atoms with Gasteiger partial charge in [0.15, 0.2) is 0 Å². The fourth-order valence-electron chi connectivity index (χ4n) is 3.39. The first kappa shape index (κ1) is 18.3. The van der Waals surface area contributed by atoms with Gasteiger partial charge in [0.25, 0.3) is 0 Å². The van der Waals surface area contributed by atoms with Crippen molar-refractivity contribution in [2.45, 2.75) is 24.3 Å². The number of nitrogens with one attached hydrogen (secondary N) is 2. The van der Waals surface area contributed by atoms with E-state index in [1.807, 2.05) is 24.1 Å². The van der Waals surface area contributed by atoms with Crippen molar-refractivity contribution in [3.63, 3.8) is 0 Å². The van der Waals surface area contributed by atoms with Crippen molar-refractivity contribution in [1.29, 1.82) is 0 Å². The van der Waals surface area contributed by atoms with Gasteiger partial charge in [0.2, 0.25) is 5.91 Å². The lowest BCUT2D eigenvalue weighted by Crippen LogP contribution is -2.36. The number of thioether (sulfide) groups is 1. The third kappa shape index (κ3) is 4.38. The van der Waals surface area contributed by atoms with Crippen LogP contribution in [-0.4, -0.2) is 49.3 Å². The zero-order valence-electron chi connectivity index (χ0n) is 13.7. The number of amides is 1. The molecule has 0 aliphatic carbocycles. The van der Waals surface area contributed by atoms with Crippen LogP contribution in [0.5, 0.6) is 0 Å². The molecular formula is C17H23Cl2N3OS. The summed E-state index contributed by atoms with van der Waals surface area (Å²) < 4.78 is 0. The molecule has 2 aliphatic rings. The summed E-state index contributed by atoms with van der Waals surface area (Å²) in [5.74, 6) is 1.77. The van der Waals surface area contributed by atoms with Crippen molar-refractivity contribution in [2.75, 3.05) is 32.4 Å². The summed E-state index contributed by atoms with van der Waals surface area (Å²) in [6, 6.07) is 5.78. The average Bonchev–Trinajstić information content (AvgIpc) is 3.17. The summed E-state index contributed by atoms with van der Waals surface area (Å²) in [4.78, 5) is 14.5. The zero-order valence-corrected chi connectivity index (χ0v) is 16.1. The molecule has 0 radical (unpaired) electrons. The van der Waals surface area contributed by atoms with Crippen LogP contribution in [0.3, 0.4) is 0 Å². The number of hydrogen-bond acceptors (Lipinski definition) is 4. The summed E-state index contributed by atoms with van der Waals surface area (Å²) in [5, 5.41) is 8.18. The lowest BCUT2D eigenvalue weighted by atomic mass is 10.1. The minimum Gasteiger partial charge on any atom is -0.342 e. The van der Waals surface area contributed by atoms with Gasteiger partial charge in [-0.1, -0.05) is 29.3 Å². The number of rotatable bonds is 5. The van der Waals surface area contributed by atoms with Gasteiger partial charge in [0.1, 0.15) is 0 Å². The topological polar surface area (TPSA) is 44.4 Å². The van der Waals surface area contributed by atoms with E-state index in [0.717, 1.165) is 37.4 Å². The van der Waals surface area contributed by atoms with Crippen LogP contribution in [0.1, 0.15) is 23.8 Å². The predicted octanol–water partition coefficient (Wildman–Crippen LogP) is 3.16. The van der Waals surface area contributed by atoms with E-state index in [-0.39, 0.29) is 17.3 Å². The number of halogens is 2. The Morgan fingerprint density at radius 3 is 3.04 bits per heavy atom. The van der Waals surface area contributed by atoms with Crippen LogP contribution in [0.4, 0.5) is 0 Å². The molecule has 1 aromatic carbocycles. The van der Waals surface area contributed by atoms with E-state index in [4.69, 9.17) is 23.2 Å². The maximum absolute atomic E-state index is 12.5. The van der Waals surface area contributed by atoms with Gasteiger partial charge in [-0.2, -0.15) is 0 Å². The Bertz CT molecular complexity index is 601. The number of carbonyl (C=O) groups excluding carboxylic acids is 1. The van der Waals surface area contributed by atoms with Crippen LogP contribution in [0.25, 0.3) is 0 Å². The molecule has 3 unspecified atom stereocenters. The van der Waals surface area contributed by atoms with Crippen LogP contribution < -0.4 is 10.6 Å². The van der Waals surface area contributed by atoms with E-state index < -0.39 is 0 Å². The van der Waals surface area contributed by atoms with E-state index in [9.17, 15) is 4.79 Å². The summed E-state index contributed by atoms with van der Waals surface area (Å²) in [5.41, 5.74) is 1.04. The van der Waals surface area contributed by atoms with Crippen molar-refractivity contribution < 1.29 is 4.79 Å². The standard InChI is InChI=1S/C17H23Cl2N3OS/c1-20-8-11-4-5-22(9-11)16(23)7-13-10-24-17(21-13)14-3-2-12(18)6-15(14)19/h2-3,6,11,13,17,20-21H,4-5,7-10H2,1H3. The number of carbonyl (C=O) groups is 1. The predicted molar refractivity (Wildman–Crippen MR) is 102 cm³/mol. The molecule has 132 valence electrons. The largest absolute Gasteiger partial charge is 0.342 e. The molecule has 0 saturated carbocycles. The van der Waals surface area contributed by atoms with Gasteiger partial charge in [-0.25, -0.2) is 0 Å². The molecule has 3 atom stereocenters. The van der Waals surface area contributed by atoms with Gasteiger partial charge in [-0.3, -0.25) is 10.1 Å². The van der Waals surface area contributed by atoms with E-state index in [1.165, 1.54) is 0 Å². The fourth-order valence-corrected chi connectivity index (χ4v) is 5.28. The van der Waals surface area contributed by atoms with Gasteiger partial charge in [0, 0.05) is 41.4 Å². The highest BCUT2D eigenvalue weighted by atomic mass is 35.5. The van der Waals surface area contributed by atoms with Crippen LogP contribution >= 0.6 is 35.0 Å². The molecule has 3 rings (SSSR count). The van der Waals surface area contributed by atoms with Crippen molar-refractivity contribution in [1.82, 2.24) is 15.5 Å². The first-order valence-electron chi connectivity index (χ1n) is 8.31. The summed E-state index contributed by atoms with van der Waals surface area (Å²) >= 11 is 14.1. The van der Waals surface area contributed by atoms with Gasteiger partial charge in [0.05, 0.1) is 5.37 Å². The van der Waals surface area contributed by atoms with E-state index in [1.54, 1.807) is 17.8 Å². The third-order valence-corrected chi connectivity index (χ3v) is 6.53.